The van der Waals surface area contributed by atoms with Gasteiger partial charge < -0.3 is 15.3 Å². The molecule has 0 aliphatic heterocycles. The van der Waals surface area contributed by atoms with E-state index in [2.05, 4.69) is 20.3 Å². The minimum absolute atomic E-state index is 0.00563. The van der Waals surface area contributed by atoms with Gasteiger partial charge in [0.25, 0.3) is 0 Å². The SMILES string of the molecule is O=C(Nc1ccc2[nH]c(=O)[nH]c2c1)[C@H]1C[C@H]1c1cccnc1. The van der Waals surface area contributed by atoms with Crippen molar-refractivity contribution in [2.24, 2.45) is 5.92 Å². The van der Waals surface area contributed by atoms with Gasteiger partial charge in [-0.15, -0.1) is 0 Å². The van der Waals surface area contributed by atoms with E-state index in [0.717, 1.165) is 17.5 Å². The van der Waals surface area contributed by atoms with Crippen molar-refractivity contribution in [1.82, 2.24) is 15.0 Å². The molecular weight excluding hydrogens is 280 g/mol. The fourth-order valence-corrected chi connectivity index (χ4v) is 2.79. The van der Waals surface area contributed by atoms with Gasteiger partial charge in [0.2, 0.25) is 5.91 Å². The maximum atomic E-state index is 12.3. The number of aromatic amines is 2. The van der Waals surface area contributed by atoms with E-state index < -0.39 is 0 Å². The molecule has 2 heterocycles. The van der Waals surface area contributed by atoms with Crippen LogP contribution in [0.5, 0.6) is 0 Å². The van der Waals surface area contributed by atoms with Crippen LogP contribution in [0, 0.1) is 5.92 Å². The minimum Gasteiger partial charge on any atom is -0.326 e. The second kappa shape index (κ2) is 4.84. The summed E-state index contributed by atoms with van der Waals surface area (Å²) in [6.07, 6.45) is 4.39. The lowest BCUT2D eigenvalue weighted by atomic mass is 10.1. The number of benzene rings is 1. The monoisotopic (exact) mass is 294 g/mol. The number of hydrogen-bond donors (Lipinski definition) is 3. The van der Waals surface area contributed by atoms with Crippen LogP contribution in [0.3, 0.4) is 0 Å². The molecule has 6 nitrogen and oxygen atoms in total. The number of nitrogens with zero attached hydrogens (tertiary/aromatic N) is 1. The molecule has 0 radical (unpaired) electrons. The Morgan fingerprint density at radius 3 is 2.91 bits per heavy atom. The fraction of sp³-hybridized carbons (Fsp3) is 0.188. The van der Waals surface area contributed by atoms with Gasteiger partial charge in [-0.3, -0.25) is 9.78 Å². The first-order valence-corrected chi connectivity index (χ1v) is 7.13. The van der Waals surface area contributed by atoms with Crippen molar-refractivity contribution < 1.29 is 4.79 Å². The number of anilines is 1. The Bertz CT molecular complexity index is 897. The highest BCUT2D eigenvalue weighted by Gasteiger charge is 2.44. The van der Waals surface area contributed by atoms with E-state index in [-0.39, 0.29) is 23.4 Å². The fourth-order valence-electron chi connectivity index (χ4n) is 2.79. The Morgan fingerprint density at radius 1 is 1.23 bits per heavy atom. The van der Waals surface area contributed by atoms with E-state index >= 15 is 0 Å². The first-order chi connectivity index (χ1) is 10.7. The number of aromatic nitrogens is 3. The zero-order valence-electron chi connectivity index (χ0n) is 11.7. The lowest BCUT2D eigenvalue weighted by Gasteiger charge is -2.05. The molecule has 1 aliphatic rings. The van der Waals surface area contributed by atoms with Crippen LogP contribution in [0.1, 0.15) is 17.9 Å². The standard InChI is InChI=1S/C16H14N4O2/c21-15(12-7-11(12)9-2-1-5-17-8-9)18-10-3-4-13-14(6-10)20-16(22)19-13/h1-6,8,11-12H,7H2,(H,18,21)(H2,19,20,22)/t11-,12-/m0/s1. The van der Waals surface area contributed by atoms with Gasteiger partial charge in [-0.05, 0) is 42.2 Å². The van der Waals surface area contributed by atoms with Crippen molar-refractivity contribution in [3.63, 3.8) is 0 Å². The Balaban J connectivity index is 1.49. The molecule has 22 heavy (non-hydrogen) atoms. The molecule has 3 N–H and O–H groups in total. The molecule has 0 saturated heterocycles. The van der Waals surface area contributed by atoms with Gasteiger partial charge in [-0.2, -0.15) is 0 Å². The first-order valence-electron chi connectivity index (χ1n) is 7.13. The summed E-state index contributed by atoms with van der Waals surface area (Å²) in [6, 6.07) is 9.20. The van der Waals surface area contributed by atoms with Gasteiger partial charge in [0.05, 0.1) is 11.0 Å². The first kappa shape index (κ1) is 12.8. The Kier molecular flexibility index (Phi) is 2.82. The van der Waals surface area contributed by atoms with Crippen molar-refractivity contribution in [1.29, 1.82) is 0 Å². The lowest BCUT2D eigenvalue weighted by molar-refractivity contribution is -0.117. The Hall–Kier alpha value is -2.89. The number of imidazole rings is 1. The van der Waals surface area contributed by atoms with Crippen LogP contribution in [0.2, 0.25) is 0 Å². The molecular formula is C16H14N4O2. The summed E-state index contributed by atoms with van der Waals surface area (Å²) in [4.78, 5) is 33.0. The smallest absolute Gasteiger partial charge is 0.323 e. The van der Waals surface area contributed by atoms with E-state index in [1.807, 2.05) is 18.3 Å². The highest BCUT2D eigenvalue weighted by atomic mass is 16.2. The van der Waals surface area contributed by atoms with Crippen LogP contribution in [0.15, 0.2) is 47.5 Å². The molecule has 4 rings (SSSR count). The molecule has 0 bridgehead atoms. The van der Waals surface area contributed by atoms with Crippen LogP contribution in [0.25, 0.3) is 11.0 Å². The van der Waals surface area contributed by atoms with Crippen molar-refractivity contribution >= 4 is 22.6 Å². The molecule has 6 heteroatoms. The average molecular weight is 294 g/mol. The minimum atomic E-state index is -0.252. The molecule has 0 unspecified atom stereocenters. The number of H-pyrrole nitrogens is 2. The summed E-state index contributed by atoms with van der Waals surface area (Å²) in [5.74, 6) is 0.251. The molecule has 2 atom stereocenters. The molecule has 1 aliphatic carbocycles. The van der Waals surface area contributed by atoms with Crippen LogP contribution < -0.4 is 11.0 Å². The maximum Gasteiger partial charge on any atom is 0.323 e. The van der Waals surface area contributed by atoms with E-state index in [1.54, 1.807) is 24.4 Å². The summed E-state index contributed by atoms with van der Waals surface area (Å²) in [5.41, 5.74) is 2.94. The number of nitrogens with one attached hydrogen (secondary N) is 3. The Morgan fingerprint density at radius 2 is 2.09 bits per heavy atom. The molecule has 2 aromatic heterocycles. The molecule has 3 aromatic rings. The number of carbonyl (C=O) groups is 1. The van der Waals surface area contributed by atoms with Crippen molar-refractivity contribution in [3.05, 3.63) is 58.8 Å². The van der Waals surface area contributed by atoms with Crippen LogP contribution in [-0.2, 0) is 4.79 Å². The summed E-state index contributed by atoms with van der Waals surface area (Å²) in [5, 5.41) is 2.91. The summed E-state index contributed by atoms with van der Waals surface area (Å²) < 4.78 is 0. The number of amides is 1. The number of carbonyl (C=O) groups excluding carboxylic acids is 1. The van der Waals surface area contributed by atoms with Gasteiger partial charge in [-0.1, -0.05) is 6.07 Å². The Labute approximate surface area is 125 Å². The summed E-state index contributed by atoms with van der Waals surface area (Å²) in [6.45, 7) is 0. The van der Waals surface area contributed by atoms with E-state index in [4.69, 9.17) is 0 Å². The van der Waals surface area contributed by atoms with Gasteiger partial charge in [0.15, 0.2) is 0 Å². The lowest BCUT2D eigenvalue weighted by Crippen LogP contribution is -2.14. The molecule has 1 saturated carbocycles. The second-order valence-electron chi connectivity index (χ2n) is 5.56. The quantitative estimate of drug-likeness (QED) is 0.690. The van der Waals surface area contributed by atoms with Gasteiger partial charge in [-0.25, -0.2) is 4.79 Å². The van der Waals surface area contributed by atoms with E-state index in [0.29, 0.717) is 11.2 Å². The average Bonchev–Trinajstić information content (AvgIpc) is 3.24. The number of hydrogen-bond acceptors (Lipinski definition) is 3. The van der Waals surface area contributed by atoms with E-state index in [1.165, 1.54) is 0 Å². The number of pyridine rings is 1. The highest BCUT2D eigenvalue weighted by molar-refractivity contribution is 5.96. The molecule has 1 fully saturated rings. The van der Waals surface area contributed by atoms with Crippen LogP contribution in [-0.4, -0.2) is 20.9 Å². The summed E-state index contributed by atoms with van der Waals surface area (Å²) >= 11 is 0. The van der Waals surface area contributed by atoms with Crippen molar-refractivity contribution in [2.45, 2.75) is 12.3 Å². The number of rotatable bonds is 3. The zero-order chi connectivity index (χ0) is 15.1. The van der Waals surface area contributed by atoms with Crippen molar-refractivity contribution in [2.75, 3.05) is 5.32 Å². The third-order valence-electron chi connectivity index (χ3n) is 4.02. The highest BCUT2D eigenvalue weighted by Crippen LogP contribution is 2.47. The number of fused-ring (bicyclic) bond motifs is 1. The zero-order valence-corrected chi connectivity index (χ0v) is 11.7. The predicted octanol–water partition coefficient (Wildman–Crippen LogP) is 1.99. The molecule has 1 aromatic carbocycles. The summed E-state index contributed by atoms with van der Waals surface area (Å²) in [7, 11) is 0. The van der Waals surface area contributed by atoms with Gasteiger partial charge in [0.1, 0.15) is 0 Å². The third-order valence-corrected chi connectivity index (χ3v) is 4.02. The third kappa shape index (κ3) is 2.28. The molecule has 110 valence electrons. The molecule has 1 amide bonds. The molecule has 0 spiro atoms. The van der Waals surface area contributed by atoms with Crippen molar-refractivity contribution in [3.8, 4) is 0 Å². The largest absolute Gasteiger partial charge is 0.326 e. The van der Waals surface area contributed by atoms with E-state index in [9.17, 15) is 9.59 Å². The van der Waals surface area contributed by atoms with Crippen LogP contribution >= 0.6 is 0 Å². The predicted molar refractivity (Wildman–Crippen MR) is 82.6 cm³/mol. The second-order valence-corrected chi connectivity index (χ2v) is 5.56. The van der Waals surface area contributed by atoms with Crippen LogP contribution in [0.4, 0.5) is 5.69 Å². The maximum absolute atomic E-state index is 12.3. The topological polar surface area (TPSA) is 90.6 Å². The van der Waals surface area contributed by atoms with Gasteiger partial charge in [0, 0.05) is 24.0 Å². The van der Waals surface area contributed by atoms with Gasteiger partial charge >= 0.3 is 5.69 Å². The normalized spacial score (nSPS) is 20.0.